The van der Waals surface area contributed by atoms with Crippen molar-refractivity contribution in [3.05, 3.63) is 11.4 Å². The van der Waals surface area contributed by atoms with Crippen molar-refractivity contribution < 1.29 is 9.59 Å². The summed E-state index contributed by atoms with van der Waals surface area (Å²) in [4.78, 5) is 22.6. The van der Waals surface area contributed by atoms with E-state index in [9.17, 15) is 9.59 Å². The van der Waals surface area contributed by atoms with E-state index in [1.807, 2.05) is 0 Å². The molecule has 1 aromatic heterocycles. The van der Waals surface area contributed by atoms with Crippen LogP contribution in [0.5, 0.6) is 0 Å². The second-order valence-corrected chi connectivity index (χ2v) is 3.84. The number of carbonyl (C=O) groups excluding carboxylic acids is 2. The Morgan fingerprint density at radius 1 is 1.50 bits per heavy atom. The highest BCUT2D eigenvalue weighted by Crippen LogP contribution is 2.15. The molecule has 0 spiro atoms. The molecule has 2 rings (SSSR count). The maximum Gasteiger partial charge on any atom is 0.251 e. The fraction of sp³-hybridized carbons (Fsp3) is 0.556. The molecule has 0 aromatic carbocycles. The minimum absolute atomic E-state index is 0.159. The normalized spacial score (nSPS) is 21.0. The van der Waals surface area contributed by atoms with Crippen molar-refractivity contribution in [2.24, 2.45) is 7.05 Å². The first-order chi connectivity index (χ1) is 7.50. The van der Waals surface area contributed by atoms with E-state index in [2.05, 4.69) is 10.4 Å². The van der Waals surface area contributed by atoms with Gasteiger partial charge in [0.15, 0.2) is 0 Å². The van der Waals surface area contributed by atoms with E-state index >= 15 is 0 Å². The molecule has 1 atom stereocenters. The fourth-order valence-corrected chi connectivity index (χ4v) is 1.71. The van der Waals surface area contributed by atoms with Gasteiger partial charge in [0, 0.05) is 13.5 Å². The summed E-state index contributed by atoms with van der Waals surface area (Å²) in [5.41, 5.74) is 0.159. The average Bonchev–Trinajstić information content (AvgIpc) is 2.46. The predicted octanol–water partition coefficient (Wildman–Crippen LogP) is -1.01. The maximum absolute atomic E-state index is 11.6. The van der Waals surface area contributed by atoms with Gasteiger partial charge < -0.3 is 4.57 Å². The first-order valence-corrected chi connectivity index (χ1v) is 5.01. The van der Waals surface area contributed by atoms with Crippen LogP contribution in [0.2, 0.25) is 0 Å². The van der Waals surface area contributed by atoms with Crippen molar-refractivity contribution in [3.8, 4) is 0 Å². The summed E-state index contributed by atoms with van der Waals surface area (Å²) in [6, 6.07) is -0.551. The average molecular weight is 223 g/mol. The largest absolute Gasteiger partial charge is 0.301 e. The molecule has 1 fully saturated rings. The molecular weight excluding hydrogens is 210 g/mol. The van der Waals surface area contributed by atoms with E-state index in [4.69, 9.17) is 5.41 Å². The molecule has 1 aliphatic rings. The summed E-state index contributed by atoms with van der Waals surface area (Å²) in [5, 5.41) is 14.2. The van der Waals surface area contributed by atoms with Gasteiger partial charge in [0.05, 0.1) is 0 Å². The molecule has 1 aromatic rings. The van der Waals surface area contributed by atoms with Gasteiger partial charge in [0.2, 0.25) is 11.5 Å². The number of aryl methyl sites for hydroxylation is 1. The Bertz CT molecular complexity index is 512. The van der Waals surface area contributed by atoms with Gasteiger partial charge >= 0.3 is 0 Å². The van der Waals surface area contributed by atoms with Crippen molar-refractivity contribution in [2.75, 3.05) is 0 Å². The molecular formula is C9H13N5O2. The highest BCUT2D eigenvalue weighted by atomic mass is 16.2. The van der Waals surface area contributed by atoms with E-state index in [0.717, 1.165) is 0 Å². The van der Waals surface area contributed by atoms with E-state index in [-0.39, 0.29) is 17.4 Å². The fourth-order valence-electron chi connectivity index (χ4n) is 1.71. The molecule has 2 heterocycles. The maximum atomic E-state index is 11.6. The van der Waals surface area contributed by atoms with Crippen LogP contribution in [0.1, 0.15) is 24.7 Å². The number of carbonyl (C=O) groups is 2. The van der Waals surface area contributed by atoms with E-state index in [0.29, 0.717) is 18.7 Å². The number of imide groups is 1. The summed E-state index contributed by atoms with van der Waals surface area (Å²) in [6.45, 7) is 1.76. The van der Waals surface area contributed by atoms with Crippen LogP contribution >= 0.6 is 0 Å². The Balaban J connectivity index is 2.38. The third-order valence-electron chi connectivity index (χ3n) is 2.78. The standard InChI is InChI=1S/C9H13N5O2/c1-5-12-14(9(10)13(5)2)6-3-4-7(15)11-8(6)16/h6,10H,3-4H2,1-2H3,(H,11,15,16). The number of amides is 2. The van der Waals surface area contributed by atoms with Gasteiger partial charge in [-0.3, -0.25) is 20.3 Å². The molecule has 1 saturated heterocycles. The summed E-state index contributed by atoms with van der Waals surface area (Å²) in [7, 11) is 1.72. The van der Waals surface area contributed by atoms with Crippen LogP contribution in [0.15, 0.2) is 0 Å². The highest BCUT2D eigenvalue weighted by Gasteiger charge is 2.29. The molecule has 0 radical (unpaired) electrons. The van der Waals surface area contributed by atoms with Crippen molar-refractivity contribution in [1.29, 1.82) is 5.41 Å². The van der Waals surface area contributed by atoms with E-state index in [1.165, 1.54) is 4.68 Å². The smallest absolute Gasteiger partial charge is 0.251 e. The molecule has 16 heavy (non-hydrogen) atoms. The summed E-state index contributed by atoms with van der Waals surface area (Å²) >= 11 is 0. The Labute approximate surface area is 91.6 Å². The highest BCUT2D eigenvalue weighted by molar-refractivity contribution is 5.99. The van der Waals surface area contributed by atoms with Gasteiger partial charge in [0.1, 0.15) is 11.9 Å². The quantitative estimate of drug-likeness (QED) is 0.597. The van der Waals surface area contributed by atoms with E-state index in [1.54, 1.807) is 18.5 Å². The van der Waals surface area contributed by atoms with Crippen molar-refractivity contribution in [3.63, 3.8) is 0 Å². The van der Waals surface area contributed by atoms with Crippen LogP contribution in [0.25, 0.3) is 0 Å². The van der Waals surface area contributed by atoms with Crippen LogP contribution in [0.4, 0.5) is 0 Å². The Morgan fingerprint density at radius 2 is 2.19 bits per heavy atom. The predicted molar refractivity (Wildman–Crippen MR) is 53.2 cm³/mol. The van der Waals surface area contributed by atoms with Gasteiger partial charge in [-0.05, 0) is 13.3 Å². The zero-order valence-electron chi connectivity index (χ0n) is 9.15. The lowest BCUT2D eigenvalue weighted by molar-refractivity contribution is -0.136. The lowest BCUT2D eigenvalue weighted by atomic mass is 10.1. The molecule has 2 amide bonds. The summed E-state index contributed by atoms with van der Waals surface area (Å²) in [5.74, 6) is 0.0172. The van der Waals surface area contributed by atoms with Crippen LogP contribution in [-0.2, 0) is 16.6 Å². The third kappa shape index (κ3) is 1.54. The number of aromatic nitrogens is 3. The van der Waals surface area contributed by atoms with Crippen LogP contribution in [-0.4, -0.2) is 26.2 Å². The van der Waals surface area contributed by atoms with Crippen LogP contribution in [0.3, 0.4) is 0 Å². The number of nitrogens with one attached hydrogen (secondary N) is 2. The van der Waals surface area contributed by atoms with Gasteiger partial charge in [-0.15, -0.1) is 0 Å². The number of hydrogen-bond acceptors (Lipinski definition) is 4. The Morgan fingerprint density at radius 3 is 2.69 bits per heavy atom. The van der Waals surface area contributed by atoms with Gasteiger partial charge in [-0.25, -0.2) is 4.68 Å². The minimum Gasteiger partial charge on any atom is -0.301 e. The first kappa shape index (κ1) is 10.6. The van der Waals surface area contributed by atoms with Crippen molar-refractivity contribution >= 4 is 11.8 Å². The topological polar surface area (TPSA) is 92.8 Å². The SMILES string of the molecule is Cc1nn(C2CCC(=O)NC2=O)c(=N)n1C. The molecule has 2 N–H and O–H groups in total. The number of piperidine rings is 1. The third-order valence-corrected chi connectivity index (χ3v) is 2.78. The molecule has 1 aliphatic heterocycles. The second kappa shape index (κ2) is 3.58. The zero-order valence-corrected chi connectivity index (χ0v) is 9.15. The summed E-state index contributed by atoms with van der Waals surface area (Å²) < 4.78 is 2.95. The Hall–Kier alpha value is -1.92. The van der Waals surface area contributed by atoms with E-state index < -0.39 is 6.04 Å². The number of hydrogen-bond donors (Lipinski definition) is 2. The first-order valence-electron chi connectivity index (χ1n) is 5.01. The molecule has 1 unspecified atom stereocenters. The minimum atomic E-state index is -0.551. The molecule has 7 heteroatoms. The van der Waals surface area contributed by atoms with Gasteiger partial charge in [-0.1, -0.05) is 0 Å². The zero-order chi connectivity index (χ0) is 11.9. The number of rotatable bonds is 1. The molecule has 7 nitrogen and oxygen atoms in total. The van der Waals surface area contributed by atoms with Gasteiger partial charge in [0.25, 0.3) is 5.91 Å². The molecule has 86 valence electrons. The molecule has 0 bridgehead atoms. The summed E-state index contributed by atoms with van der Waals surface area (Å²) in [6.07, 6.45) is 0.691. The Kier molecular flexibility index (Phi) is 2.37. The lowest BCUT2D eigenvalue weighted by Crippen LogP contribution is -2.44. The van der Waals surface area contributed by atoms with Crippen molar-refractivity contribution in [2.45, 2.75) is 25.8 Å². The number of nitrogens with zero attached hydrogens (tertiary/aromatic N) is 3. The monoisotopic (exact) mass is 223 g/mol. The van der Waals surface area contributed by atoms with Crippen LogP contribution in [0, 0.1) is 12.3 Å². The molecule has 0 saturated carbocycles. The van der Waals surface area contributed by atoms with Gasteiger partial charge in [-0.2, -0.15) is 5.10 Å². The second-order valence-electron chi connectivity index (χ2n) is 3.84. The lowest BCUT2D eigenvalue weighted by Gasteiger charge is -2.20. The molecule has 0 aliphatic carbocycles. The van der Waals surface area contributed by atoms with Crippen LogP contribution < -0.4 is 10.9 Å². The van der Waals surface area contributed by atoms with Crippen molar-refractivity contribution in [1.82, 2.24) is 19.7 Å².